The third-order valence-corrected chi connectivity index (χ3v) is 7.23. The van der Waals surface area contributed by atoms with E-state index in [4.69, 9.17) is 10.1 Å². The van der Waals surface area contributed by atoms with Crippen molar-refractivity contribution in [1.29, 1.82) is 0 Å². The van der Waals surface area contributed by atoms with E-state index in [2.05, 4.69) is 22.1 Å². The molecule has 1 aromatic carbocycles. The van der Waals surface area contributed by atoms with Gasteiger partial charge in [0.05, 0.1) is 5.69 Å². The zero-order valence-corrected chi connectivity index (χ0v) is 26.1. The Labute approximate surface area is 250 Å². The number of halogens is 2. The van der Waals surface area contributed by atoms with E-state index in [0.717, 1.165) is 47.4 Å². The Morgan fingerprint density at radius 3 is 2.40 bits per heavy atom. The summed E-state index contributed by atoms with van der Waals surface area (Å²) < 4.78 is 31.7. The van der Waals surface area contributed by atoms with E-state index in [-0.39, 0.29) is 11.6 Å². The summed E-state index contributed by atoms with van der Waals surface area (Å²) in [7, 11) is 1.60. The third kappa shape index (κ3) is 8.06. The van der Waals surface area contributed by atoms with Crippen LogP contribution in [0.5, 0.6) is 0 Å². The number of anilines is 2. The maximum atomic E-state index is 14.9. The number of nitrogens with one attached hydrogen (secondary N) is 2. The Bertz CT molecular complexity index is 1490. The lowest BCUT2D eigenvalue weighted by atomic mass is 9.99. The first-order valence-electron chi connectivity index (χ1n) is 13.7. The van der Waals surface area contributed by atoms with Crippen LogP contribution in [0.15, 0.2) is 58.2 Å². The minimum absolute atomic E-state index is 0.161. The Morgan fingerprint density at radius 1 is 1.26 bits per heavy atom. The number of H-pyrrole nitrogens is 1. The van der Waals surface area contributed by atoms with Crippen molar-refractivity contribution in [1.82, 2.24) is 20.0 Å². The number of allylic oxidation sites excluding steroid dienone is 3. The molecule has 0 amide bonds. The Hall–Kier alpha value is -3.99. The lowest BCUT2D eigenvalue weighted by Crippen LogP contribution is -2.26. The minimum atomic E-state index is -0.648. The second kappa shape index (κ2) is 14.8. The molecule has 0 unspecified atom stereocenters. The SMILES string of the molecule is C=C(/C(=C(\N=C(/C)N(C)c1c(F)cc(SC)cc1F)Nc1cc(C)[nH]n1)C1CC1)c1cc(C)n(/C=C\C)n1.CCC=O. The van der Waals surface area contributed by atoms with Crippen molar-refractivity contribution >= 4 is 47.2 Å². The molecule has 2 N–H and O–H groups in total. The van der Waals surface area contributed by atoms with Gasteiger partial charge < -0.3 is 15.0 Å². The summed E-state index contributed by atoms with van der Waals surface area (Å²) in [6, 6.07) is 6.51. The quantitative estimate of drug-likeness (QED) is 0.0824. The molecule has 0 spiro atoms. The number of aliphatic imine (C=N–C) groups is 1. The van der Waals surface area contributed by atoms with Gasteiger partial charge in [-0.05, 0) is 70.9 Å². The van der Waals surface area contributed by atoms with Gasteiger partial charge in [0.2, 0.25) is 0 Å². The highest BCUT2D eigenvalue weighted by Crippen LogP contribution is 2.44. The number of aryl methyl sites for hydroxylation is 2. The maximum absolute atomic E-state index is 14.9. The van der Waals surface area contributed by atoms with Crippen molar-refractivity contribution in [3.8, 4) is 0 Å². The van der Waals surface area contributed by atoms with E-state index >= 15 is 0 Å². The monoisotopic (exact) mass is 595 g/mol. The van der Waals surface area contributed by atoms with Crippen LogP contribution in [0.3, 0.4) is 0 Å². The molecule has 1 aliphatic rings. The van der Waals surface area contributed by atoms with Gasteiger partial charge in [0.1, 0.15) is 23.6 Å². The third-order valence-electron chi connectivity index (χ3n) is 6.53. The second-order valence-electron chi connectivity index (χ2n) is 9.91. The number of hydrogen-bond acceptors (Lipinski definition) is 6. The summed E-state index contributed by atoms with van der Waals surface area (Å²) in [5.41, 5.74) is 4.09. The number of carbonyl (C=O) groups is 1. The fourth-order valence-electron chi connectivity index (χ4n) is 4.16. The van der Waals surface area contributed by atoms with Crippen LogP contribution in [-0.4, -0.2) is 45.4 Å². The van der Waals surface area contributed by atoms with Crippen LogP contribution < -0.4 is 10.2 Å². The van der Waals surface area contributed by atoms with Crippen molar-refractivity contribution in [3.63, 3.8) is 0 Å². The molecule has 1 saturated carbocycles. The number of nitrogens with zero attached hydrogens (tertiary/aromatic N) is 5. The van der Waals surface area contributed by atoms with E-state index in [1.807, 2.05) is 52.1 Å². The summed E-state index contributed by atoms with van der Waals surface area (Å²) in [6.45, 7) is 13.8. The number of carbonyl (C=O) groups excluding carboxylic acids is 1. The molecule has 0 atom stereocenters. The number of benzene rings is 1. The predicted molar refractivity (Wildman–Crippen MR) is 170 cm³/mol. The Balaban J connectivity index is 0.00000114. The molecular weight excluding hydrogens is 556 g/mol. The molecule has 2 aromatic heterocycles. The molecule has 1 aliphatic carbocycles. The molecule has 1 fully saturated rings. The number of amidine groups is 1. The predicted octanol–water partition coefficient (Wildman–Crippen LogP) is 7.61. The fourth-order valence-corrected chi connectivity index (χ4v) is 4.60. The lowest BCUT2D eigenvalue weighted by molar-refractivity contribution is -0.107. The molecule has 8 nitrogen and oxygen atoms in total. The molecule has 11 heteroatoms. The molecule has 0 bridgehead atoms. The lowest BCUT2D eigenvalue weighted by Gasteiger charge is -2.22. The Kier molecular flexibility index (Phi) is 11.4. The molecule has 3 aromatic rings. The topological polar surface area (TPSA) is 91.2 Å². The number of hydrogen-bond donors (Lipinski definition) is 2. The van der Waals surface area contributed by atoms with E-state index < -0.39 is 11.6 Å². The summed E-state index contributed by atoms with van der Waals surface area (Å²) in [4.78, 5) is 16.0. The van der Waals surface area contributed by atoms with Gasteiger partial charge >= 0.3 is 0 Å². The molecule has 0 saturated heterocycles. The zero-order chi connectivity index (χ0) is 31.0. The highest BCUT2D eigenvalue weighted by Gasteiger charge is 2.32. The zero-order valence-electron chi connectivity index (χ0n) is 25.3. The number of aromatic amines is 1. The van der Waals surface area contributed by atoms with Crippen LogP contribution in [0.1, 0.15) is 57.1 Å². The van der Waals surface area contributed by atoms with Gasteiger partial charge in [-0.25, -0.2) is 18.5 Å². The number of rotatable bonds is 10. The maximum Gasteiger partial charge on any atom is 0.153 e. The minimum Gasteiger partial charge on any atom is -0.328 e. The van der Waals surface area contributed by atoms with Crippen LogP contribution in [0.2, 0.25) is 0 Å². The van der Waals surface area contributed by atoms with Crippen molar-refractivity contribution < 1.29 is 13.6 Å². The van der Waals surface area contributed by atoms with Crippen LogP contribution in [0.25, 0.3) is 11.8 Å². The number of aldehydes is 1. The summed E-state index contributed by atoms with van der Waals surface area (Å²) in [5.74, 6) is 0.437. The fraction of sp³-hybridized carbons (Fsp3) is 0.355. The van der Waals surface area contributed by atoms with Gasteiger partial charge in [-0.3, -0.25) is 5.10 Å². The summed E-state index contributed by atoms with van der Waals surface area (Å²) in [6.07, 6.45) is 9.07. The highest BCUT2D eigenvalue weighted by molar-refractivity contribution is 7.98. The molecule has 0 radical (unpaired) electrons. The molecular formula is C31H39F2N7OS. The first-order chi connectivity index (χ1) is 20.0. The average molecular weight is 596 g/mol. The molecule has 224 valence electrons. The van der Waals surface area contributed by atoms with Crippen LogP contribution in [-0.2, 0) is 4.79 Å². The Morgan fingerprint density at radius 2 is 1.90 bits per heavy atom. The molecule has 0 aliphatic heterocycles. The molecule has 42 heavy (non-hydrogen) atoms. The number of aromatic nitrogens is 4. The van der Waals surface area contributed by atoms with Crippen molar-refractivity contribution in [2.24, 2.45) is 10.9 Å². The van der Waals surface area contributed by atoms with Crippen LogP contribution in [0.4, 0.5) is 20.3 Å². The van der Waals surface area contributed by atoms with Gasteiger partial charge in [-0.15, -0.1) is 11.8 Å². The number of thioether (sulfide) groups is 1. The van der Waals surface area contributed by atoms with Gasteiger partial charge in [0.25, 0.3) is 0 Å². The normalized spacial score (nSPS) is 13.9. The van der Waals surface area contributed by atoms with E-state index in [0.29, 0.717) is 28.8 Å². The summed E-state index contributed by atoms with van der Waals surface area (Å²) in [5, 5.41) is 15.3. The highest BCUT2D eigenvalue weighted by atomic mass is 32.2. The van der Waals surface area contributed by atoms with Crippen LogP contribution >= 0.6 is 11.8 Å². The smallest absolute Gasteiger partial charge is 0.153 e. The second-order valence-corrected chi connectivity index (χ2v) is 10.8. The van der Waals surface area contributed by atoms with Crippen molar-refractivity contribution in [3.05, 3.63) is 77.0 Å². The average Bonchev–Trinajstić information content (AvgIpc) is 3.60. The van der Waals surface area contributed by atoms with Gasteiger partial charge in [-0.1, -0.05) is 19.6 Å². The van der Waals surface area contributed by atoms with Gasteiger partial charge in [0.15, 0.2) is 17.5 Å². The largest absolute Gasteiger partial charge is 0.328 e. The molecule has 4 rings (SSSR count). The first-order valence-corrected chi connectivity index (χ1v) is 14.9. The van der Waals surface area contributed by atoms with E-state index in [1.165, 1.54) is 28.8 Å². The van der Waals surface area contributed by atoms with Crippen molar-refractivity contribution in [2.75, 3.05) is 23.5 Å². The van der Waals surface area contributed by atoms with Crippen molar-refractivity contribution in [2.45, 2.75) is 58.8 Å². The van der Waals surface area contributed by atoms with E-state index in [9.17, 15) is 13.6 Å². The summed E-state index contributed by atoms with van der Waals surface area (Å²) >= 11 is 1.28. The molecule has 2 heterocycles. The van der Waals surface area contributed by atoms with Crippen LogP contribution in [0, 0.1) is 31.4 Å². The standard InChI is InChI=1S/C28H33F2N7S.C3H6O/c1-8-11-37-17(3)13-24(35-37)18(4)26(20-9-10-20)28(32-25-12-16(2)33-34-25)31-19(5)36(6)27-22(29)14-21(38-7)15-23(27)30;1-2-3-4/h8,11-15,20H,4,9-10H2,1-3,5-7H3,(H2,32,33,34);3H,2H2,1H3/b11-8-,28-26-,31-19+;. The van der Waals surface area contributed by atoms with E-state index in [1.54, 1.807) is 24.9 Å². The van der Waals surface area contributed by atoms with Gasteiger partial charge in [-0.2, -0.15) is 10.2 Å². The van der Waals surface area contributed by atoms with Gasteiger partial charge in [0, 0.05) is 53.2 Å². The first kappa shape index (κ1) is 32.5.